The predicted octanol–water partition coefficient (Wildman–Crippen LogP) is 0.898. The molecule has 0 spiro atoms. The van der Waals surface area contributed by atoms with Gasteiger partial charge in [0.05, 0.1) is 12.5 Å². The number of aromatic nitrogens is 2. The van der Waals surface area contributed by atoms with Crippen LogP contribution in [-0.4, -0.2) is 22.6 Å². The van der Waals surface area contributed by atoms with Gasteiger partial charge in [0.2, 0.25) is 0 Å². The molecule has 1 aromatic heterocycles. The Labute approximate surface area is 88.4 Å². The molecule has 0 aromatic carbocycles. The molecule has 0 fully saturated rings. The summed E-state index contributed by atoms with van der Waals surface area (Å²) in [7, 11) is 0. The van der Waals surface area contributed by atoms with Gasteiger partial charge in [-0.3, -0.25) is 4.79 Å². The number of rotatable bonds is 4. The first kappa shape index (κ1) is 11.2. The van der Waals surface area contributed by atoms with Gasteiger partial charge in [0, 0.05) is 25.0 Å². The number of hydrogen-bond donors (Lipinski definition) is 1. The van der Waals surface area contributed by atoms with Gasteiger partial charge < -0.3 is 9.88 Å². The first-order valence-electron chi connectivity index (χ1n) is 4.84. The molecule has 5 nitrogen and oxygen atoms in total. The third kappa shape index (κ3) is 2.81. The maximum Gasteiger partial charge on any atom is 0.290 e. The Morgan fingerprint density at radius 2 is 2.40 bits per heavy atom. The van der Waals surface area contributed by atoms with Crippen LogP contribution in [0.3, 0.4) is 0 Å². The van der Waals surface area contributed by atoms with E-state index in [9.17, 15) is 4.79 Å². The van der Waals surface area contributed by atoms with Crippen molar-refractivity contribution in [2.45, 2.75) is 26.3 Å². The number of nitriles is 1. The van der Waals surface area contributed by atoms with Crippen LogP contribution in [0.1, 0.15) is 20.3 Å². The van der Waals surface area contributed by atoms with Crippen molar-refractivity contribution in [1.29, 1.82) is 5.26 Å². The minimum absolute atomic E-state index is 0.148. The van der Waals surface area contributed by atoms with Crippen molar-refractivity contribution in [1.82, 2.24) is 9.97 Å². The summed E-state index contributed by atoms with van der Waals surface area (Å²) in [6, 6.07) is 2.21. The molecule has 1 heterocycles. The van der Waals surface area contributed by atoms with Crippen LogP contribution in [0.2, 0.25) is 0 Å². The molecule has 0 saturated heterocycles. The van der Waals surface area contributed by atoms with E-state index in [1.165, 1.54) is 6.20 Å². The Bertz CT molecular complexity index is 404. The van der Waals surface area contributed by atoms with Crippen LogP contribution >= 0.6 is 0 Å². The second kappa shape index (κ2) is 5.15. The molecule has 0 atom stereocenters. The van der Waals surface area contributed by atoms with Gasteiger partial charge in [0.15, 0.2) is 5.82 Å². The van der Waals surface area contributed by atoms with Crippen LogP contribution < -0.4 is 10.5 Å². The summed E-state index contributed by atoms with van der Waals surface area (Å²) in [6.45, 7) is 4.45. The highest BCUT2D eigenvalue weighted by Gasteiger charge is 2.14. The summed E-state index contributed by atoms with van der Waals surface area (Å²) in [5, 5.41) is 8.53. The molecule has 0 radical (unpaired) electrons. The number of H-pyrrole nitrogens is 1. The van der Waals surface area contributed by atoms with E-state index >= 15 is 0 Å². The molecule has 0 bridgehead atoms. The summed E-state index contributed by atoms with van der Waals surface area (Å²) < 4.78 is 0. The SMILES string of the molecule is CC(C)N(CCC#N)c1ncc[nH]c1=O. The molecule has 1 aromatic rings. The summed E-state index contributed by atoms with van der Waals surface area (Å²) >= 11 is 0. The maximum atomic E-state index is 11.5. The molecule has 0 unspecified atom stereocenters. The van der Waals surface area contributed by atoms with Crippen molar-refractivity contribution in [2.75, 3.05) is 11.4 Å². The van der Waals surface area contributed by atoms with Crippen molar-refractivity contribution in [2.24, 2.45) is 0 Å². The standard InChI is InChI=1S/C10H14N4O/c1-8(2)14(7-3-4-11)9-10(15)13-6-5-12-9/h5-6,8H,3,7H2,1-2H3,(H,13,15). The Morgan fingerprint density at radius 1 is 1.67 bits per heavy atom. The van der Waals surface area contributed by atoms with E-state index in [4.69, 9.17) is 5.26 Å². The molecule has 0 amide bonds. The number of nitrogens with one attached hydrogen (secondary N) is 1. The molecule has 0 aliphatic heterocycles. The quantitative estimate of drug-likeness (QED) is 0.794. The monoisotopic (exact) mass is 206 g/mol. The lowest BCUT2D eigenvalue weighted by atomic mass is 10.3. The largest absolute Gasteiger partial charge is 0.349 e. The zero-order valence-corrected chi connectivity index (χ0v) is 8.90. The fourth-order valence-corrected chi connectivity index (χ4v) is 1.33. The average molecular weight is 206 g/mol. The van der Waals surface area contributed by atoms with E-state index in [0.29, 0.717) is 18.8 Å². The Balaban J connectivity index is 2.95. The number of hydrogen-bond acceptors (Lipinski definition) is 4. The minimum Gasteiger partial charge on any atom is -0.349 e. The first-order chi connectivity index (χ1) is 7.16. The topological polar surface area (TPSA) is 72.8 Å². The second-order valence-corrected chi connectivity index (χ2v) is 3.44. The highest BCUT2D eigenvalue weighted by molar-refractivity contribution is 5.36. The Hall–Kier alpha value is -1.83. The van der Waals surface area contributed by atoms with Crippen LogP contribution in [-0.2, 0) is 0 Å². The van der Waals surface area contributed by atoms with Crippen LogP contribution in [0.25, 0.3) is 0 Å². The number of nitrogens with zero attached hydrogens (tertiary/aromatic N) is 3. The van der Waals surface area contributed by atoms with Gasteiger partial charge >= 0.3 is 0 Å². The first-order valence-corrected chi connectivity index (χ1v) is 4.84. The smallest absolute Gasteiger partial charge is 0.290 e. The lowest BCUT2D eigenvalue weighted by molar-refractivity contribution is 0.671. The zero-order chi connectivity index (χ0) is 11.3. The summed E-state index contributed by atoms with van der Waals surface area (Å²) in [5.74, 6) is 0.378. The van der Waals surface area contributed by atoms with E-state index in [0.717, 1.165) is 0 Å². The van der Waals surface area contributed by atoms with Crippen LogP contribution in [0.4, 0.5) is 5.82 Å². The Morgan fingerprint density at radius 3 is 2.93 bits per heavy atom. The van der Waals surface area contributed by atoms with E-state index in [1.807, 2.05) is 18.7 Å². The minimum atomic E-state index is -0.218. The molecule has 0 aliphatic rings. The van der Waals surface area contributed by atoms with Gasteiger partial charge in [-0.05, 0) is 13.8 Å². The molecule has 1 rings (SSSR count). The highest BCUT2D eigenvalue weighted by Crippen LogP contribution is 2.07. The van der Waals surface area contributed by atoms with Gasteiger partial charge in [-0.25, -0.2) is 4.98 Å². The lowest BCUT2D eigenvalue weighted by Gasteiger charge is -2.25. The van der Waals surface area contributed by atoms with Crippen molar-refractivity contribution in [3.63, 3.8) is 0 Å². The molecular formula is C10H14N4O. The third-order valence-electron chi connectivity index (χ3n) is 2.05. The molecule has 1 N–H and O–H groups in total. The predicted molar refractivity (Wildman–Crippen MR) is 57.6 cm³/mol. The maximum absolute atomic E-state index is 11.5. The zero-order valence-electron chi connectivity index (χ0n) is 8.90. The molecule has 80 valence electrons. The van der Waals surface area contributed by atoms with E-state index in [-0.39, 0.29) is 11.6 Å². The fraction of sp³-hybridized carbons (Fsp3) is 0.500. The van der Waals surface area contributed by atoms with Crippen LogP contribution in [0, 0.1) is 11.3 Å². The van der Waals surface area contributed by atoms with Gasteiger partial charge in [0.1, 0.15) is 0 Å². The molecule has 5 heteroatoms. The van der Waals surface area contributed by atoms with Crippen molar-refractivity contribution < 1.29 is 0 Å². The summed E-state index contributed by atoms with van der Waals surface area (Å²) in [4.78, 5) is 19.9. The van der Waals surface area contributed by atoms with Crippen molar-refractivity contribution in [3.05, 3.63) is 22.7 Å². The molecular weight excluding hydrogens is 192 g/mol. The van der Waals surface area contributed by atoms with E-state index < -0.39 is 0 Å². The summed E-state index contributed by atoms with van der Waals surface area (Å²) in [5.41, 5.74) is -0.218. The van der Waals surface area contributed by atoms with Gasteiger partial charge in [0.25, 0.3) is 5.56 Å². The molecule has 0 saturated carbocycles. The number of aromatic amines is 1. The van der Waals surface area contributed by atoms with Gasteiger partial charge in [-0.15, -0.1) is 0 Å². The highest BCUT2D eigenvalue weighted by atomic mass is 16.1. The Kier molecular flexibility index (Phi) is 3.86. The van der Waals surface area contributed by atoms with Gasteiger partial charge in [-0.2, -0.15) is 5.26 Å². The average Bonchev–Trinajstić information content (AvgIpc) is 2.20. The van der Waals surface area contributed by atoms with Crippen molar-refractivity contribution >= 4 is 5.82 Å². The second-order valence-electron chi connectivity index (χ2n) is 3.44. The lowest BCUT2D eigenvalue weighted by Crippen LogP contribution is -2.36. The molecule has 15 heavy (non-hydrogen) atoms. The van der Waals surface area contributed by atoms with E-state index in [1.54, 1.807) is 6.20 Å². The third-order valence-corrected chi connectivity index (χ3v) is 2.05. The molecule has 0 aliphatic carbocycles. The number of anilines is 1. The summed E-state index contributed by atoms with van der Waals surface area (Å²) in [6.07, 6.45) is 3.42. The van der Waals surface area contributed by atoms with Crippen molar-refractivity contribution in [3.8, 4) is 6.07 Å². The van der Waals surface area contributed by atoms with Crippen LogP contribution in [0.5, 0.6) is 0 Å². The van der Waals surface area contributed by atoms with E-state index in [2.05, 4.69) is 16.0 Å². The van der Waals surface area contributed by atoms with Gasteiger partial charge in [-0.1, -0.05) is 0 Å². The van der Waals surface area contributed by atoms with Crippen LogP contribution in [0.15, 0.2) is 17.2 Å². The fourth-order valence-electron chi connectivity index (χ4n) is 1.33. The normalized spacial score (nSPS) is 10.0.